The molecule has 2 heterocycles. The Morgan fingerprint density at radius 1 is 1.42 bits per heavy atom. The molecule has 0 aromatic carbocycles. The van der Waals surface area contributed by atoms with Crippen LogP contribution in [0.5, 0.6) is 0 Å². The molecule has 0 amide bonds. The van der Waals surface area contributed by atoms with Gasteiger partial charge < -0.3 is 4.74 Å². The molecule has 0 bridgehead atoms. The molecule has 0 saturated carbocycles. The van der Waals surface area contributed by atoms with E-state index in [0.717, 1.165) is 5.69 Å². The second kappa shape index (κ2) is 5.59. The van der Waals surface area contributed by atoms with Crippen LogP contribution in [0.1, 0.15) is 21.7 Å². The third-order valence-corrected chi connectivity index (χ3v) is 3.23. The highest BCUT2D eigenvalue weighted by molar-refractivity contribution is 6.32. The van der Waals surface area contributed by atoms with E-state index in [-0.39, 0.29) is 6.61 Å². The van der Waals surface area contributed by atoms with Gasteiger partial charge in [0.05, 0.1) is 16.9 Å². The summed E-state index contributed by atoms with van der Waals surface area (Å²) in [6.45, 7) is 1.75. The first-order chi connectivity index (χ1) is 8.99. The highest BCUT2D eigenvalue weighted by Gasteiger charge is 2.15. The number of aryl methyl sites for hydroxylation is 1. The van der Waals surface area contributed by atoms with Crippen LogP contribution in [0, 0.1) is 6.92 Å². The van der Waals surface area contributed by atoms with Crippen molar-refractivity contribution in [2.75, 3.05) is 0 Å². The van der Waals surface area contributed by atoms with Gasteiger partial charge in [-0.25, -0.2) is 9.78 Å². The molecular weight excluding hydrogens is 289 g/mol. The van der Waals surface area contributed by atoms with Crippen molar-refractivity contribution in [3.63, 3.8) is 0 Å². The summed E-state index contributed by atoms with van der Waals surface area (Å²) in [6, 6.07) is 3.18. The molecule has 0 fully saturated rings. The minimum absolute atomic E-state index is 0.0352. The number of pyridine rings is 1. The van der Waals surface area contributed by atoms with E-state index < -0.39 is 5.97 Å². The Kier molecular flexibility index (Phi) is 4.07. The number of rotatable bonds is 3. The van der Waals surface area contributed by atoms with Crippen LogP contribution in [-0.4, -0.2) is 20.7 Å². The molecule has 5 nitrogen and oxygen atoms in total. The Morgan fingerprint density at radius 2 is 2.16 bits per heavy atom. The second-order valence-electron chi connectivity index (χ2n) is 3.91. The van der Waals surface area contributed by atoms with E-state index in [4.69, 9.17) is 27.9 Å². The van der Waals surface area contributed by atoms with Crippen LogP contribution in [0.2, 0.25) is 10.2 Å². The van der Waals surface area contributed by atoms with Crippen LogP contribution < -0.4 is 0 Å². The van der Waals surface area contributed by atoms with E-state index in [1.165, 1.54) is 6.20 Å². The Hall–Kier alpha value is -1.59. The van der Waals surface area contributed by atoms with E-state index in [1.54, 1.807) is 30.8 Å². The standard InChI is InChI=1S/C12H11Cl2N3O2/c1-7-8(5-15-17(7)2)12(18)19-6-10-9(13)3-4-11(14)16-10/h3-5H,6H2,1-2H3. The molecule has 2 rings (SSSR count). The Balaban J connectivity index is 2.08. The summed E-state index contributed by atoms with van der Waals surface area (Å²) >= 11 is 11.7. The van der Waals surface area contributed by atoms with Gasteiger partial charge in [0.25, 0.3) is 0 Å². The molecule has 0 N–H and O–H groups in total. The molecule has 0 saturated heterocycles. The first kappa shape index (κ1) is 13.8. The molecule has 0 aliphatic heterocycles. The van der Waals surface area contributed by atoms with Crippen molar-refractivity contribution in [1.29, 1.82) is 0 Å². The molecular formula is C12H11Cl2N3O2. The number of carbonyl (C=O) groups is 1. The number of hydrogen-bond donors (Lipinski definition) is 0. The summed E-state index contributed by atoms with van der Waals surface area (Å²) in [5, 5.41) is 4.68. The van der Waals surface area contributed by atoms with Crippen molar-refractivity contribution in [3.8, 4) is 0 Å². The number of ether oxygens (including phenoxy) is 1. The van der Waals surface area contributed by atoms with Gasteiger partial charge in [0, 0.05) is 12.7 Å². The van der Waals surface area contributed by atoms with Gasteiger partial charge in [-0.15, -0.1) is 0 Å². The average molecular weight is 300 g/mol. The van der Waals surface area contributed by atoms with Crippen molar-refractivity contribution in [2.45, 2.75) is 13.5 Å². The van der Waals surface area contributed by atoms with Crippen molar-refractivity contribution in [3.05, 3.63) is 45.5 Å². The van der Waals surface area contributed by atoms with Gasteiger partial charge in [-0.2, -0.15) is 5.10 Å². The lowest BCUT2D eigenvalue weighted by Gasteiger charge is -2.06. The molecule has 2 aromatic rings. The lowest BCUT2D eigenvalue weighted by Crippen LogP contribution is -2.08. The highest BCUT2D eigenvalue weighted by atomic mass is 35.5. The summed E-state index contributed by atoms with van der Waals surface area (Å²) in [5.41, 5.74) is 1.57. The maximum Gasteiger partial charge on any atom is 0.342 e. The molecule has 2 aromatic heterocycles. The lowest BCUT2D eigenvalue weighted by molar-refractivity contribution is 0.0467. The summed E-state index contributed by atoms with van der Waals surface area (Å²) in [4.78, 5) is 15.9. The quantitative estimate of drug-likeness (QED) is 0.646. The number of carbonyl (C=O) groups excluding carboxylic acids is 1. The molecule has 0 aliphatic carbocycles. The van der Waals surface area contributed by atoms with E-state index in [1.807, 2.05) is 0 Å². The first-order valence-electron chi connectivity index (χ1n) is 5.45. The van der Waals surface area contributed by atoms with Gasteiger partial charge in [0.2, 0.25) is 0 Å². The summed E-state index contributed by atoms with van der Waals surface area (Å²) < 4.78 is 6.74. The average Bonchev–Trinajstić information content (AvgIpc) is 2.71. The molecule has 0 aliphatic rings. The van der Waals surface area contributed by atoms with Gasteiger partial charge in [0.15, 0.2) is 0 Å². The van der Waals surface area contributed by atoms with Gasteiger partial charge in [0.1, 0.15) is 17.3 Å². The zero-order chi connectivity index (χ0) is 14.0. The number of aromatic nitrogens is 3. The van der Waals surface area contributed by atoms with Crippen LogP contribution in [0.15, 0.2) is 18.3 Å². The fourth-order valence-corrected chi connectivity index (χ4v) is 1.79. The number of halogens is 2. The predicted molar refractivity (Wildman–Crippen MR) is 71.3 cm³/mol. The van der Waals surface area contributed by atoms with Crippen molar-refractivity contribution < 1.29 is 9.53 Å². The second-order valence-corrected chi connectivity index (χ2v) is 4.70. The predicted octanol–water partition coefficient (Wildman–Crippen LogP) is 2.79. The van der Waals surface area contributed by atoms with E-state index >= 15 is 0 Å². The number of hydrogen-bond acceptors (Lipinski definition) is 4. The van der Waals surface area contributed by atoms with Gasteiger partial charge in [-0.3, -0.25) is 4.68 Å². The Morgan fingerprint density at radius 3 is 2.79 bits per heavy atom. The molecule has 0 atom stereocenters. The van der Waals surface area contributed by atoms with Crippen LogP contribution in [0.4, 0.5) is 0 Å². The fraction of sp³-hybridized carbons (Fsp3) is 0.250. The maximum absolute atomic E-state index is 11.9. The van der Waals surface area contributed by atoms with Gasteiger partial charge in [-0.1, -0.05) is 23.2 Å². The van der Waals surface area contributed by atoms with Gasteiger partial charge in [-0.05, 0) is 19.1 Å². The van der Waals surface area contributed by atoms with Crippen molar-refractivity contribution in [1.82, 2.24) is 14.8 Å². The normalized spacial score (nSPS) is 10.5. The maximum atomic E-state index is 11.9. The third-order valence-electron chi connectivity index (χ3n) is 2.68. The van der Waals surface area contributed by atoms with E-state index in [2.05, 4.69) is 10.1 Å². The summed E-state index contributed by atoms with van der Waals surface area (Å²) in [7, 11) is 1.75. The van der Waals surface area contributed by atoms with Crippen LogP contribution in [-0.2, 0) is 18.4 Å². The molecule has 0 spiro atoms. The zero-order valence-corrected chi connectivity index (χ0v) is 11.9. The topological polar surface area (TPSA) is 57.0 Å². The van der Waals surface area contributed by atoms with Gasteiger partial charge >= 0.3 is 5.97 Å². The highest BCUT2D eigenvalue weighted by Crippen LogP contribution is 2.18. The molecule has 0 unspecified atom stereocenters. The summed E-state index contributed by atoms with van der Waals surface area (Å²) in [6.07, 6.45) is 1.46. The minimum atomic E-state index is -0.469. The third kappa shape index (κ3) is 3.05. The van der Waals surface area contributed by atoms with Crippen LogP contribution in [0.3, 0.4) is 0 Å². The largest absolute Gasteiger partial charge is 0.455 e. The SMILES string of the molecule is Cc1c(C(=O)OCc2nc(Cl)ccc2Cl)cnn1C. The number of nitrogens with zero attached hydrogens (tertiary/aromatic N) is 3. The van der Waals surface area contributed by atoms with Crippen LogP contribution in [0.25, 0.3) is 0 Å². The minimum Gasteiger partial charge on any atom is -0.455 e. The monoisotopic (exact) mass is 299 g/mol. The van der Waals surface area contributed by atoms with Crippen molar-refractivity contribution >= 4 is 29.2 Å². The van der Waals surface area contributed by atoms with E-state index in [0.29, 0.717) is 21.4 Å². The lowest BCUT2D eigenvalue weighted by atomic mass is 10.3. The summed E-state index contributed by atoms with van der Waals surface area (Å²) in [5.74, 6) is -0.469. The smallest absolute Gasteiger partial charge is 0.342 e. The molecule has 7 heteroatoms. The fourth-order valence-electron chi connectivity index (χ4n) is 1.47. The Bertz CT molecular complexity index is 625. The first-order valence-corrected chi connectivity index (χ1v) is 6.21. The zero-order valence-electron chi connectivity index (χ0n) is 10.4. The van der Waals surface area contributed by atoms with Crippen molar-refractivity contribution in [2.24, 2.45) is 7.05 Å². The van der Waals surface area contributed by atoms with Crippen LogP contribution >= 0.6 is 23.2 Å². The molecule has 100 valence electrons. The molecule has 19 heavy (non-hydrogen) atoms. The van der Waals surface area contributed by atoms with E-state index in [9.17, 15) is 4.79 Å². The number of esters is 1. The Labute approximate surface area is 120 Å². The molecule has 0 radical (unpaired) electrons.